The number of hydrogen-bond donors (Lipinski definition) is 1. The predicted octanol–water partition coefficient (Wildman–Crippen LogP) is 3.28. The Labute approximate surface area is 112 Å². The minimum atomic E-state index is -1.10. The van der Waals surface area contributed by atoms with Gasteiger partial charge < -0.3 is 10.5 Å². The number of ether oxygens (including phenoxy) is 1. The molecular formula is C14H9F2N3O. The van der Waals surface area contributed by atoms with E-state index in [1.54, 1.807) is 24.3 Å². The maximum Gasteiger partial charge on any atom is 0.263 e. The summed E-state index contributed by atoms with van der Waals surface area (Å²) in [6.45, 7) is 0. The molecule has 20 heavy (non-hydrogen) atoms. The quantitative estimate of drug-likeness (QED) is 0.778. The Bertz CT molecular complexity index is 792. The van der Waals surface area contributed by atoms with Crippen LogP contribution in [0.5, 0.6) is 11.6 Å². The van der Waals surface area contributed by atoms with E-state index < -0.39 is 11.6 Å². The van der Waals surface area contributed by atoms with Crippen molar-refractivity contribution >= 4 is 16.9 Å². The van der Waals surface area contributed by atoms with Crippen molar-refractivity contribution in [3.8, 4) is 11.6 Å². The van der Waals surface area contributed by atoms with E-state index >= 15 is 0 Å². The summed E-state index contributed by atoms with van der Waals surface area (Å²) in [5.41, 5.74) is 6.85. The molecule has 0 unspecified atom stereocenters. The molecular weight excluding hydrogens is 264 g/mol. The normalized spacial score (nSPS) is 10.7. The topological polar surface area (TPSA) is 61.0 Å². The molecule has 3 rings (SSSR count). The lowest BCUT2D eigenvalue weighted by Gasteiger charge is -2.08. The molecule has 4 nitrogen and oxygen atoms in total. The van der Waals surface area contributed by atoms with E-state index in [0.29, 0.717) is 11.0 Å². The lowest BCUT2D eigenvalue weighted by Crippen LogP contribution is -2.00. The minimum Gasteiger partial charge on any atom is -0.433 e. The van der Waals surface area contributed by atoms with Gasteiger partial charge in [0.2, 0.25) is 5.82 Å². The van der Waals surface area contributed by atoms with Gasteiger partial charge in [0, 0.05) is 0 Å². The van der Waals surface area contributed by atoms with E-state index in [9.17, 15) is 8.78 Å². The first-order chi connectivity index (χ1) is 9.65. The molecule has 0 radical (unpaired) electrons. The smallest absolute Gasteiger partial charge is 0.263 e. The lowest BCUT2D eigenvalue weighted by molar-refractivity contribution is 0.407. The molecule has 1 aromatic heterocycles. The van der Waals surface area contributed by atoms with Gasteiger partial charge in [-0.3, -0.25) is 0 Å². The van der Waals surface area contributed by atoms with Gasteiger partial charge in [0.05, 0.1) is 11.0 Å². The Balaban J connectivity index is 2.06. The fraction of sp³-hybridized carbons (Fsp3) is 0. The molecule has 0 aliphatic rings. The summed E-state index contributed by atoms with van der Waals surface area (Å²) in [6.07, 6.45) is 0. The van der Waals surface area contributed by atoms with Gasteiger partial charge in [-0.05, 0) is 24.3 Å². The molecule has 0 bridgehead atoms. The van der Waals surface area contributed by atoms with E-state index in [-0.39, 0.29) is 17.4 Å². The van der Waals surface area contributed by atoms with Gasteiger partial charge in [-0.25, -0.2) is 14.4 Å². The van der Waals surface area contributed by atoms with Gasteiger partial charge >= 0.3 is 0 Å². The van der Waals surface area contributed by atoms with Gasteiger partial charge in [0.1, 0.15) is 0 Å². The Hall–Kier alpha value is -2.76. The number of halogens is 2. The first kappa shape index (κ1) is 12.3. The summed E-state index contributed by atoms with van der Waals surface area (Å²) < 4.78 is 31.9. The predicted molar refractivity (Wildman–Crippen MR) is 70.4 cm³/mol. The first-order valence-electron chi connectivity index (χ1n) is 5.79. The van der Waals surface area contributed by atoms with Gasteiger partial charge in [-0.15, -0.1) is 0 Å². The van der Waals surface area contributed by atoms with Crippen LogP contribution in [-0.2, 0) is 0 Å². The fourth-order valence-electron chi connectivity index (χ4n) is 1.74. The Morgan fingerprint density at radius 3 is 2.35 bits per heavy atom. The van der Waals surface area contributed by atoms with Crippen LogP contribution in [0.2, 0.25) is 0 Å². The number of hydrogen-bond acceptors (Lipinski definition) is 4. The van der Waals surface area contributed by atoms with E-state index in [1.807, 2.05) is 0 Å². The van der Waals surface area contributed by atoms with Crippen LogP contribution >= 0.6 is 0 Å². The third kappa shape index (κ3) is 2.11. The second kappa shape index (κ2) is 4.73. The summed E-state index contributed by atoms with van der Waals surface area (Å²) in [5.74, 6) is -2.45. The zero-order chi connectivity index (χ0) is 14.1. The number of benzene rings is 2. The number of rotatable bonds is 2. The molecule has 0 fully saturated rings. The number of aromatic nitrogens is 2. The van der Waals surface area contributed by atoms with E-state index in [1.165, 1.54) is 12.1 Å². The number of anilines is 1. The standard InChI is InChI=1S/C14H9F2N3O/c15-8-4-3-7-11(12(8)16)20-14-13(17)18-9-5-1-2-6-10(9)19-14/h1-7H,(H2,17,18). The van der Waals surface area contributed by atoms with E-state index in [4.69, 9.17) is 10.5 Å². The largest absolute Gasteiger partial charge is 0.433 e. The van der Waals surface area contributed by atoms with Crippen molar-refractivity contribution in [2.45, 2.75) is 0 Å². The molecule has 0 saturated carbocycles. The maximum absolute atomic E-state index is 13.5. The van der Waals surface area contributed by atoms with Crippen LogP contribution in [0.25, 0.3) is 11.0 Å². The average Bonchev–Trinajstić information content (AvgIpc) is 2.44. The Kier molecular flexibility index (Phi) is 2.90. The van der Waals surface area contributed by atoms with Crippen LogP contribution < -0.4 is 10.5 Å². The lowest BCUT2D eigenvalue weighted by atomic mass is 10.3. The third-order valence-corrected chi connectivity index (χ3v) is 2.69. The number of nitrogen functional groups attached to an aromatic ring is 1. The monoisotopic (exact) mass is 273 g/mol. The maximum atomic E-state index is 13.5. The molecule has 0 saturated heterocycles. The van der Waals surface area contributed by atoms with Crippen LogP contribution in [0, 0.1) is 11.6 Å². The van der Waals surface area contributed by atoms with Crippen molar-refractivity contribution in [1.29, 1.82) is 0 Å². The van der Waals surface area contributed by atoms with Crippen LogP contribution in [0.1, 0.15) is 0 Å². The van der Waals surface area contributed by atoms with Crippen LogP contribution in [0.4, 0.5) is 14.6 Å². The molecule has 1 heterocycles. The number of fused-ring (bicyclic) bond motifs is 1. The molecule has 0 amide bonds. The SMILES string of the molecule is Nc1nc2ccccc2nc1Oc1cccc(F)c1F. The van der Waals surface area contributed by atoms with Gasteiger partial charge in [-0.2, -0.15) is 4.39 Å². The summed E-state index contributed by atoms with van der Waals surface area (Å²) in [6, 6.07) is 10.6. The van der Waals surface area contributed by atoms with Crippen molar-refractivity contribution in [3.05, 3.63) is 54.1 Å². The molecule has 100 valence electrons. The number of nitrogens with zero attached hydrogens (tertiary/aromatic N) is 2. The van der Waals surface area contributed by atoms with Gasteiger partial charge in [0.15, 0.2) is 17.4 Å². The van der Waals surface area contributed by atoms with Crippen LogP contribution in [0.15, 0.2) is 42.5 Å². The number of para-hydroxylation sites is 2. The first-order valence-corrected chi connectivity index (χ1v) is 5.79. The van der Waals surface area contributed by atoms with Gasteiger partial charge in [-0.1, -0.05) is 18.2 Å². The van der Waals surface area contributed by atoms with Crippen molar-refractivity contribution in [1.82, 2.24) is 9.97 Å². The van der Waals surface area contributed by atoms with Crippen LogP contribution in [-0.4, -0.2) is 9.97 Å². The van der Waals surface area contributed by atoms with Gasteiger partial charge in [0.25, 0.3) is 5.88 Å². The molecule has 3 aromatic rings. The third-order valence-electron chi connectivity index (χ3n) is 2.69. The van der Waals surface area contributed by atoms with E-state index in [0.717, 1.165) is 6.07 Å². The molecule has 0 aliphatic carbocycles. The second-order valence-electron chi connectivity index (χ2n) is 4.06. The zero-order valence-electron chi connectivity index (χ0n) is 10.2. The molecule has 0 atom stereocenters. The summed E-state index contributed by atoms with van der Waals surface area (Å²) in [7, 11) is 0. The highest BCUT2D eigenvalue weighted by Crippen LogP contribution is 2.28. The molecule has 0 aliphatic heterocycles. The summed E-state index contributed by atoms with van der Waals surface area (Å²) >= 11 is 0. The molecule has 6 heteroatoms. The minimum absolute atomic E-state index is 0.00682. The highest BCUT2D eigenvalue weighted by molar-refractivity contribution is 5.76. The van der Waals surface area contributed by atoms with Crippen molar-refractivity contribution < 1.29 is 13.5 Å². The fourth-order valence-corrected chi connectivity index (χ4v) is 1.74. The Morgan fingerprint density at radius 2 is 1.60 bits per heavy atom. The highest BCUT2D eigenvalue weighted by atomic mass is 19.2. The zero-order valence-corrected chi connectivity index (χ0v) is 10.2. The molecule has 2 aromatic carbocycles. The van der Waals surface area contributed by atoms with Crippen molar-refractivity contribution in [3.63, 3.8) is 0 Å². The van der Waals surface area contributed by atoms with Crippen LogP contribution in [0.3, 0.4) is 0 Å². The molecule has 0 spiro atoms. The average molecular weight is 273 g/mol. The summed E-state index contributed by atoms with van der Waals surface area (Å²) in [4.78, 5) is 8.24. The second-order valence-corrected chi connectivity index (χ2v) is 4.06. The number of nitrogens with two attached hydrogens (primary N) is 1. The van der Waals surface area contributed by atoms with Crippen molar-refractivity contribution in [2.75, 3.05) is 5.73 Å². The van der Waals surface area contributed by atoms with Crippen molar-refractivity contribution in [2.24, 2.45) is 0 Å². The Morgan fingerprint density at radius 1 is 0.900 bits per heavy atom. The van der Waals surface area contributed by atoms with E-state index in [2.05, 4.69) is 9.97 Å². The summed E-state index contributed by atoms with van der Waals surface area (Å²) in [5, 5.41) is 0. The highest BCUT2D eigenvalue weighted by Gasteiger charge is 2.13. The molecule has 2 N–H and O–H groups in total.